The number of halogens is 2. The molecule has 0 atom stereocenters. The zero-order valence-corrected chi connectivity index (χ0v) is 19.6. The van der Waals surface area contributed by atoms with Crippen molar-refractivity contribution in [2.75, 3.05) is 13.2 Å². The van der Waals surface area contributed by atoms with Gasteiger partial charge < -0.3 is 14.4 Å². The predicted octanol–water partition coefficient (Wildman–Crippen LogP) is 6.70. The first-order valence-electron chi connectivity index (χ1n) is 10.2. The molecule has 6 heteroatoms. The number of benzene rings is 3. The average Bonchev–Trinajstić information content (AvgIpc) is 2.79. The average molecular weight is 472 g/mol. The van der Waals surface area contributed by atoms with Gasteiger partial charge in [-0.1, -0.05) is 65.8 Å². The highest BCUT2D eigenvalue weighted by atomic mass is 35.5. The van der Waals surface area contributed by atoms with Crippen LogP contribution in [-0.4, -0.2) is 23.0 Å². The van der Waals surface area contributed by atoms with Crippen molar-refractivity contribution >= 4 is 40.4 Å². The highest BCUT2D eigenvalue weighted by Crippen LogP contribution is 2.31. The summed E-state index contributed by atoms with van der Waals surface area (Å²) in [5, 5.41) is 1.04. The van der Waals surface area contributed by atoms with E-state index in [2.05, 4.69) is 29.2 Å². The molecule has 3 nitrogen and oxygen atoms in total. The van der Waals surface area contributed by atoms with Gasteiger partial charge in [0, 0.05) is 18.7 Å². The first-order valence-corrected chi connectivity index (χ1v) is 11.4. The lowest BCUT2D eigenvalue weighted by atomic mass is 9.99. The zero-order valence-electron chi connectivity index (χ0n) is 17.2. The summed E-state index contributed by atoms with van der Waals surface area (Å²) in [4.78, 5) is 3.07. The van der Waals surface area contributed by atoms with Crippen LogP contribution in [0, 0.1) is 0 Å². The maximum absolute atomic E-state index is 6.11. The number of hydrogen-bond donors (Lipinski definition) is 0. The van der Waals surface area contributed by atoms with Crippen molar-refractivity contribution in [3.05, 3.63) is 93.0 Å². The van der Waals surface area contributed by atoms with Gasteiger partial charge in [-0.05, 0) is 60.4 Å². The lowest BCUT2D eigenvalue weighted by molar-refractivity contribution is 0.269. The molecule has 0 amide bonds. The van der Waals surface area contributed by atoms with Gasteiger partial charge in [0.1, 0.15) is 11.6 Å². The minimum atomic E-state index is 0.365. The van der Waals surface area contributed by atoms with E-state index in [-0.39, 0.29) is 0 Å². The monoisotopic (exact) mass is 471 g/mol. The fraction of sp³-hybridized carbons (Fsp3) is 0.240. The summed E-state index contributed by atoms with van der Waals surface area (Å²) in [5.41, 5.74) is 4.63. The molecule has 0 aliphatic carbocycles. The van der Waals surface area contributed by atoms with Crippen LogP contribution in [0.25, 0.3) is 0 Å². The first kappa shape index (κ1) is 21.9. The molecule has 1 aliphatic rings. The summed E-state index contributed by atoms with van der Waals surface area (Å²) in [6.45, 7) is 4.60. The van der Waals surface area contributed by atoms with Gasteiger partial charge in [0.15, 0.2) is 11.5 Å². The maximum Gasteiger partial charge on any atom is 0.161 e. The van der Waals surface area contributed by atoms with Crippen LogP contribution < -0.4 is 9.47 Å². The molecular weight excluding hydrogens is 449 g/mol. The van der Waals surface area contributed by atoms with E-state index in [1.807, 2.05) is 37.3 Å². The Balaban J connectivity index is 1.50. The molecule has 0 saturated heterocycles. The molecule has 160 valence electrons. The third-order valence-electron chi connectivity index (χ3n) is 5.29. The van der Waals surface area contributed by atoms with Crippen molar-refractivity contribution in [2.24, 2.45) is 0 Å². The predicted molar refractivity (Wildman–Crippen MR) is 131 cm³/mol. The maximum atomic E-state index is 6.11. The lowest BCUT2D eigenvalue weighted by Crippen LogP contribution is -2.35. The summed E-state index contributed by atoms with van der Waals surface area (Å²) in [6.07, 6.45) is 0.999. The van der Waals surface area contributed by atoms with Crippen LogP contribution in [0.5, 0.6) is 11.5 Å². The molecule has 3 aromatic rings. The van der Waals surface area contributed by atoms with Gasteiger partial charge in [-0.2, -0.15) is 0 Å². The van der Waals surface area contributed by atoms with E-state index in [1.165, 1.54) is 11.1 Å². The SMILES string of the molecule is CCOc1cc(C(=S)N2CCc3ccccc3C2)ccc1OCc1ccc(Cl)c(Cl)c1. The quantitative estimate of drug-likeness (QED) is 0.372. The van der Waals surface area contributed by atoms with E-state index in [0.29, 0.717) is 34.8 Å². The van der Waals surface area contributed by atoms with Crippen LogP contribution in [-0.2, 0) is 19.6 Å². The summed E-state index contributed by atoms with van der Waals surface area (Å²) in [5.74, 6) is 1.35. The van der Waals surface area contributed by atoms with Crippen LogP contribution in [0.1, 0.15) is 29.2 Å². The van der Waals surface area contributed by atoms with Crippen LogP contribution in [0.2, 0.25) is 10.0 Å². The van der Waals surface area contributed by atoms with Gasteiger partial charge in [0.25, 0.3) is 0 Å². The molecule has 1 aliphatic heterocycles. The molecule has 1 heterocycles. The van der Waals surface area contributed by atoms with Crippen LogP contribution in [0.15, 0.2) is 60.7 Å². The Hall–Kier alpha value is -2.27. The van der Waals surface area contributed by atoms with E-state index < -0.39 is 0 Å². The number of rotatable bonds is 6. The summed E-state index contributed by atoms with van der Waals surface area (Å²) in [6, 6.07) is 19.9. The highest BCUT2D eigenvalue weighted by Gasteiger charge is 2.20. The zero-order chi connectivity index (χ0) is 21.8. The molecule has 0 aromatic heterocycles. The van der Waals surface area contributed by atoms with Gasteiger partial charge in [0.2, 0.25) is 0 Å². The van der Waals surface area contributed by atoms with Crippen LogP contribution in [0.3, 0.4) is 0 Å². The van der Waals surface area contributed by atoms with Crippen LogP contribution >= 0.6 is 35.4 Å². The second-order valence-corrected chi connectivity index (χ2v) is 8.58. The van der Waals surface area contributed by atoms with Crippen molar-refractivity contribution < 1.29 is 9.47 Å². The van der Waals surface area contributed by atoms with Gasteiger partial charge >= 0.3 is 0 Å². The Labute approximate surface area is 198 Å². The van der Waals surface area contributed by atoms with Crippen molar-refractivity contribution in [3.8, 4) is 11.5 Å². The van der Waals surface area contributed by atoms with E-state index in [1.54, 1.807) is 6.07 Å². The van der Waals surface area contributed by atoms with Gasteiger partial charge in [-0.3, -0.25) is 0 Å². The van der Waals surface area contributed by atoms with Crippen LogP contribution in [0.4, 0.5) is 0 Å². The molecular formula is C25H23Cl2NO2S. The fourth-order valence-corrected chi connectivity index (χ4v) is 4.27. The van der Waals surface area contributed by atoms with E-state index in [0.717, 1.165) is 35.6 Å². The fourth-order valence-electron chi connectivity index (χ4n) is 3.67. The van der Waals surface area contributed by atoms with Gasteiger partial charge in [-0.15, -0.1) is 0 Å². The van der Waals surface area contributed by atoms with Gasteiger partial charge in [0.05, 0.1) is 16.7 Å². The largest absolute Gasteiger partial charge is 0.490 e. The number of thiocarbonyl (C=S) groups is 1. The van der Waals surface area contributed by atoms with Gasteiger partial charge in [-0.25, -0.2) is 0 Å². The molecule has 0 bridgehead atoms. The summed E-state index contributed by atoms with van der Waals surface area (Å²) in [7, 11) is 0. The summed E-state index contributed by atoms with van der Waals surface area (Å²) >= 11 is 17.9. The standard InChI is InChI=1S/C25H23Cl2NO2S/c1-2-29-24-14-19(25(31)28-12-11-18-5-3-4-6-20(18)15-28)8-10-23(24)30-16-17-7-9-21(26)22(27)13-17/h3-10,13-14H,2,11-12,15-16H2,1H3. The second-order valence-electron chi connectivity index (χ2n) is 7.38. The minimum absolute atomic E-state index is 0.365. The van der Waals surface area contributed by atoms with E-state index >= 15 is 0 Å². The Morgan fingerprint density at radius 2 is 1.74 bits per heavy atom. The molecule has 0 fully saturated rings. The van der Waals surface area contributed by atoms with Crippen molar-refractivity contribution in [1.29, 1.82) is 0 Å². The Kier molecular flexibility index (Phi) is 7.01. The molecule has 0 saturated carbocycles. The molecule has 3 aromatic carbocycles. The normalized spacial score (nSPS) is 12.9. The molecule has 0 N–H and O–H groups in total. The second kappa shape index (κ2) is 9.90. The third kappa shape index (κ3) is 5.15. The Bertz CT molecular complexity index is 1100. The smallest absolute Gasteiger partial charge is 0.161 e. The number of ether oxygens (including phenoxy) is 2. The topological polar surface area (TPSA) is 21.7 Å². The van der Waals surface area contributed by atoms with Crippen molar-refractivity contribution in [2.45, 2.75) is 26.5 Å². The third-order valence-corrected chi connectivity index (χ3v) is 6.52. The lowest BCUT2D eigenvalue weighted by Gasteiger charge is -2.31. The first-order chi connectivity index (χ1) is 15.0. The van der Waals surface area contributed by atoms with Crippen molar-refractivity contribution in [3.63, 3.8) is 0 Å². The number of nitrogens with zero attached hydrogens (tertiary/aromatic N) is 1. The highest BCUT2D eigenvalue weighted by molar-refractivity contribution is 7.80. The van der Waals surface area contributed by atoms with E-state index in [9.17, 15) is 0 Å². The van der Waals surface area contributed by atoms with Crippen molar-refractivity contribution in [1.82, 2.24) is 4.90 Å². The molecule has 0 unspecified atom stereocenters. The minimum Gasteiger partial charge on any atom is -0.490 e. The molecule has 4 rings (SSSR count). The molecule has 0 radical (unpaired) electrons. The Morgan fingerprint density at radius 1 is 0.935 bits per heavy atom. The number of hydrogen-bond acceptors (Lipinski definition) is 3. The molecule has 31 heavy (non-hydrogen) atoms. The Morgan fingerprint density at radius 3 is 2.52 bits per heavy atom. The number of fused-ring (bicyclic) bond motifs is 1. The summed E-state index contributed by atoms with van der Waals surface area (Å²) < 4.78 is 11.9. The molecule has 0 spiro atoms. The van der Waals surface area contributed by atoms with E-state index in [4.69, 9.17) is 44.9 Å².